The summed E-state index contributed by atoms with van der Waals surface area (Å²) in [6.07, 6.45) is 5.10. The van der Waals surface area contributed by atoms with Crippen LogP contribution in [0.3, 0.4) is 0 Å². The highest BCUT2D eigenvalue weighted by molar-refractivity contribution is 5.85. The molecule has 0 aromatic heterocycles. The second-order valence-electron chi connectivity index (χ2n) is 5.27. The molecule has 0 amide bonds. The van der Waals surface area contributed by atoms with Crippen molar-refractivity contribution in [1.82, 2.24) is 4.90 Å². The summed E-state index contributed by atoms with van der Waals surface area (Å²) < 4.78 is 0. The quantitative estimate of drug-likeness (QED) is 0.910. The molecule has 2 aliphatic heterocycles. The van der Waals surface area contributed by atoms with Crippen molar-refractivity contribution >= 4 is 24.8 Å². The summed E-state index contributed by atoms with van der Waals surface area (Å²) in [5, 5.41) is 0. The second kappa shape index (κ2) is 8.08. The molecule has 0 spiro atoms. The van der Waals surface area contributed by atoms with Gasteiger partial charge in [-0.2, -0.15) is 0 Å². The van der Waals surface area contributed by atoms with Crippen LogP contribution in [0.5, 0.6) is 0 Å². The van der Waals surface area contributed by atoms with Crippen molar-refractivity contribution in [1.29, 1.82) is 0 Å². The molecule has 110 valence electrons. The standard InChI is InChI=1S/C14H20N2.2ClH.H2O/c15-12-8-13-6-7-14(9-12)16(13)10-11-4-2-1-3-5-11;;;/h1-5,12-14H,6-10,15H2;2*1H;1H2. The SMILES string of the molecule is Cl.Cl.NC1CC2CCC(C1)N2Cc1ccccc1.O. The lowest BCUT2D eigenvalue weighted by atomic mass is 9.97. The Kier molecular flexibility index (Phi) is 7.94. The van der Waals surface area contributed by atoms with Crippen molar-refractivity contribution in [3.05, 3.63) is 35.9 Å². The number of benzene rings is 1. The molecule has 19 heavy (non-hydrogen) atoms. The molecule has 2 fully saturated rings. The van der Waals surface area contributed by atoms with Crippen LogP contribution in [-0.4, -0.2) is 28.5 Å². The maximum absolute atomic E-state index is 6.08. The van der Waals surface area contributed by atoms with E-state index in [2.05, 4.69) is 35.2 Å². The van der Waals surface area contributed by atoms with E-state index < -0.39 is 0 Å². The zero-order valence-electron chi connectivity index (χ0n) is 11.0. The Morgan fingerprint density at radius 1 is 1.00 bits per heavy atom. The van der Waals surface area contributed by atoms with E-state index in [1.54, 1.807) is 0 Å². The lowest BCUT2D eigenvalue weighted by Crippen LogP contribution is -2.46. The number of hydrogen-bond acceptors (Lipinski definition) is 2. The Morgan fingerprint density at radius 3 is 2.05 bits per heavy atom. The first-order valence-corrected chi connectivity index (χ1v) is 6.38. The van der Waals surface area contributed by atoms with Gasteiger partial charge in [0.2, 0.25) is 0 Å². The fraction of sp³-hybridized carbons (Fsp3) is 0.571. The van der Waals surface area contributed by atoms with E-state index in [1.165, 1.54) is 31.2 Å². The number of hydrogen-bond donors (Lipinski definition) is 1. The Bertz CT molecular complexity index is 350. The molecular formula is C14H24Cl2N2O. The molecule has 0 aliphatic carbocycles. The first-order chi connectivity index (χ1) is 7.83. The van der Waals surface area contributed by atoms with E-state index in [1.807, 2.05) is 0 Å². The van der Waals surface area contributed by atoms with Crippen LogP contribution in [0.4, 0.5) is 0 Å². The third-order valence-electron chi connectivity index (χ3n) is 4.13. The lowest BCUT2D eigenvalue weighted by molar-refractivity contribution is 0.120. The Hall–Kier alpha value is -0.320. The van der Waals surface area contributed by atoms with E-state index in [0.29, 0.717) is 6.04 Å². The monoisotopic (exact) mass is 306 g/mol. The fourth-order valence-electron chi connectivity index (χ4n) is 3.37. The Balaban J connectivity index is 0.00000108. The molecule has 5 heteroatoms. The summed E-state index contributed by atoms with van der Waals surface area (Å²) in [6, 6.07) is 12.7. The number of nitrogens with two attached hydrogens (primary N) is 1. The van der Waals surface area contributed by atoms with Gasteiger partial charge in [-0.05, 0) is 31.2 Å². The van der Waals surface area contributed by atoms with Crippen molar-refractivity contribution in [3.8, 4) is 0 Å². The zero-order chi connectivity index (χ0) is 11.0. The third kappa shape index (κ3) is 4.07. The van der Waals surface area contributed by atoms with E-state index >= 15 is 0 Å². The minimum absolute atomic E-state index is 0. The highest BCUT2D eigenvalue weighted by atomic mass is 35.5. The minimum Gasteiger partial charge on any atom is -0.412 e. The van der Waals surface area contributed by atoms with Crippen LogP contribution in [0, 0.1) is 0 Å². The van der Waals surface area contributed by atoms with Crippen LogP contribution in [0.2, 0.25) is 0 Å². The van der Waals surface area contributed by atoms with E-state index in [-0.39, 0.29) is 30.3 Å². The summed E-state index contributed by atoms with van der Waals surface area (Å²) in [7, 11) is 0. The number of halogens is 2. The molecule has 3 rings (SSSR count). The van der Waals surface area contributed by atoms with Crippen molar-refractivity contribution in [2.24, 2.45) is 5.73 Å². The average molecular weight is 307 g/mol. The van der Waals surface area contributed by atoms with Crippen LogP contribution in [0.25, 0.3) is 0 Å². The van der Waals surface area contributed by atoms with Crippen LogP contribution < -0.4 is 5.73 Å². The minimum atomic E-state index is 0. The highest BCUT2D eigenvalue weighted by Crippen LogP contribution is 2.35. The second-order valence-corrected chi connectivity index (χ2v) is 5.27. The molecule has 0 radical (unpaired) electrons. The van der Waals surface area contributed by atoms with Crippen LogP contribution in [0.15, 0.2) is 30.3 Å². The molecule has 2 saturated heterocycles. The van der Waals surface area contributed by atoms with E-state index in [4.69, 9.17) is 5.73 Å². The van der Waals surface area contributed by atoms with Gasteiger partial charge < -0.3 is 11.2 Å². The van der Waals surface area contributed by atoms with Gasteiger partial charge in [-0.25, -0.2) is 0 Å². The molecule has 1 aromatic rings. The summed E-state index contributed by atoms with van der Waals surface area (Å²) in [6.45, 7) is 1.11. The molecule has 2 unspecified atom stereocenters. The normalized spacial score (nSPS) is 28.8. The number of fused-ring (bicyclic) bond motifs is 2. The highest BCUT2D eigenvalue weighted by Gasteiger charge is 2.39. The molecule has 2 heterocycles. The largest absolute Gasteiger partial charge is 0.412 e. The average Bonchev–Trinajstić information content (AvgIpc) is 2.54. The predicted octanol–water partition coefficient (Wildman–Crippen LogP) is 2.16. The van der Waals surface area contributed by atoms with Crippen LogP contribution in [0.1, 0.15) is 31.2 Å². The molecule has 2 aliphatic rings. The Labute approximate surface area is 127 Å². The van der Waals surface area contributed by atoms with E-state index in [0.717, 1.165) is 18.6 Å². The number of piperidine rings is 1. The predicted molar refractivity (Wildman–Crippen MR) is 84.1 cm³/mol. The van der Waals surface area contributed by atoms with Crippen molar-refractivity contribution in [2.75, 3.05) is 0 Å². The van der Waals surface area contributed by atoms with Gasteiger partial charge in [0.05, 0.1) is 0 Å². The molecule has 3 nitrogen and oxygen atoms in total. The van der Waals surface area contributed by atoms with Gasteiger partial charge in [0.1, 0.15) is 0 Å². The van der Waals surface area contributed by atoms with Gasteiger partial charge in [-0.15, -0.1) is 24.8 Å². The van der Waals surface area contributed by atoms with Gasteiger partial charge >= 0.3 is 0 Å². The molecule has 2 bridgehead atoms. The maximum Gasteiger partial charge on any atom is 0.0239 e. The van der Waals surface area contributed by atoms with Crippen molar-refractivity contribution in [3.63, 3.8) is 0 Å². The molecule has 1 aromatic carbocycles. The van der Waals surface area contributed by atoms with Gasteiger partial charge in [-0.3, -0.25) is 4.90 Å². The van der Waals surface area contributed by atoms with E-state index in [9.17, 15) is 0 Å². The number of rotatable bonds is 2. The topological polar surface area (TPSA) is 60.8 Å². The summed E-state index contributed by atoms with van der Waals surface area (Å²) in [5.74, 6) is 0. The van der Waals surface area contributed by atoms with Crippen molar-refractivity contribution < 1.29 is 5.48 Å². The zero-order valence-corrected chi connectivity index (χ0v) is 12.6. The Morgan fingerprint density at radius 2 is 1.53 bits per heavy atom. The van der Waals surface area contributed by atoms with Gasteiger partial charge in [0.15, 0.2) is 0 Å². The van der Waals surface area contributed by atoms with Crippen molar-refractivity contribution in [2.45, 2.75) is 50.4 Å². The fourth-order valence-corrected chi connectivity index (χ4v) is 3.37. The summed E-state index contributed by atoms with van der Waals surface area (Å²) in [5.41, 5.74) is 7.52. The summed E-state index contributed by atoms with van der Waals surface area (Å²) in [4.78, 5) is 2.68. The molecule has 2 atom stereocenters. The number of nitrogens with zero attached hydrogens (tertiary/aromatic N) is 1. The first-order valence-electron chi connectivity index (χ1n) is 6.38. The lowest BCUT2D eigenvalue weighted by Gasteiger charge is -2.37. The molecule has 4 N–H and O–H groups in total. The third-order valence-corrected chi connectivity index (χ3v) is 4.13. The van der Waals surface area contributed by atoms with Crippen LogP contribution in [-0.2, 0) is 6.54 Å². The van der Waals surface area contributed by atoms with Gasteiger partial charge in [0.25, 0.3) is 0 Å². The first kappa shape index (κ1) is 18.7. The molecule has 0 saturated carbocycles. The van der Waals surface area contributed by atoms with Crippen LogP contribution >= 0.6 is 24.8 Å². The molecular weight excluding hydrogens is 283 g/mol. The summed E-state index contributed by atoms with van der Waals surface area (Å²) >= 11 is 0. The maximum atomic E-state index is 6.08. The smallest absolute Gasteiger partial charge is 0.0239 e. The van der Waals surface area contributed by atoms with Gasteiger partial charge in [-0.1, -0.05) is 30.3 Å². The van der Waals surface area contributed by atoms with Gasteiger partial charge in [0, 0.05) is 24.7 Å².